The number of aromatic nitrogens is 4. The summed E-state index contributed by atoms with van der Waals surface area (Å²) in [5.41, 5.74) is 2.00. The predicted octanol–water partition coefficient (Wildman–Crippen LogP) is 3.82. The Morgan fingerprint density at radius 1 is 1.22 bits per heavy atom. The van der Waals surface area contributed by atoms with Crippen molar-refractivity contribution in [2.24, 2.45) is 7.05 Å². The number of carbonyl (C=O) groups is 1. The van der Waals surface area contributed by atoms with Gasteiger partial charge in [-0.25, -0.2) is 14.3 Å². The molecule has 0 aromatic carbocycles. The highest BCUT2D eigenvalue weighted by Crippen LogP contribution is 2.27. The zero-order valence-electron chi connectivity index (χ0n) is 13.4. The lowest BCUT2D eigenvalue weighted by Crippen LogP contribution is -2.26. The van der Waals surface area contributed by atoms with Crippen LogP contribution in [0.15, 0.2) is 30.9 Å². The van der Waals surface area contributed by atoms with Gasteiger partial charge in [0.05, 0.1) is 6.20 Å². The van der Waals surface area contributed by atoms with Crippen molar-refractivity contribution in [2.45, 2.75) is 26.4 Å². The Morgan fingerprint density at radius 2 is 1.96 bits per heavy atom. The minimum absolute atomic E-state index is 0.424. The maximum absolute atomic E-state index is 12.3. The molecule has 0 fully saturated rings. The van der Waals surface area contributed by atoms with Crippen molar-refractivity contribution in [3.05, 3.63) is 34.4 Å². The summed E-state index contributed by atoms with van der Waals surface area (Å²) >= 11 is 2.20. The molecule has 3 aromatic heterocycles. The molecule has 0 aliphatic heterocycles. The molecule has 0 bridgehead atoms. The van der Waals surface area contributed by atoms with Crippen LogP contribution in [0.3, 0.4) is 0 Å². The second-order valence-electron chi connectivity index (χ2n) is 6.33. The van der Waals surface area contributed by atoms with Crippen LogP contribution in [0.2, 0.25) is 0 Å². The molecule has 0 saturated carbocycles. The van der Waals surface area contributed by atoms with Gasteiger partial charge in [0, 0.05) is 45.7 Å². The first-order valence-corrected chi connectivity index (χ1v) is 8.21. The number of aryl methyl sites for hydroxylation is 1. The van der Waals surface area contributed by atoms with Gasteiger partial charge in [-0.15, -0.1) is 0 Å². The third kappa shape index (κ3) is 3.24. The fourth-order valence-corrected chi connectivity index (χ4v) is 2.92. The Balaban J connectivity index is 2.05. The monoisotopic (exact) mass is 424 g/mol. The number of nitrogens with zero attached hydrogens (tertiary/aromatic N) is 4. The van der Waals surface area contributed by atoms with Crippen LogP contribution in [-0.4, -0.2) is 31.0 Å². The van der Waals surface area contributed by atoms with Gasteiger partial charge in [-0.3, -0.25) is 4.68 Å². The zero-order chi connectivity index (χ0) is 16.8. The van der Waals surface area contributed by atoms with E-state index in [4.69, 9.17) is 4.74 Å². The lowest BCUT2D eigenvalue weighted by molar-refractivity contribution is 0.0543. The maximum atomic E-state index is 12.3. The first kappa shape index (κ1) is 16.0. The average molecular weight is 424 g/mol. The molecule has 6 nitrogen and oxygen atoms in total. The molecule has 0 atom stereocenters. The molecule has 3 rings (SSSR count). The number of pyridine rings is 1. The second kappa shape index (κ2) is 5.63. The van der Waals surface area contributed by atoms with Gasteiger partial charge in [-0.1, -0.05) is 0 Å². The second-order valence-corrected chi connectivity index (χ2v) is 7.49. The van der Waals surface area contributed by atoms with Gasteiger partial charge in [0.1, 0.15) is 5.60 Å². The fraction of sp³-hybridized carbons (Fsp3) is 0.312. The van der Waals surface area contributed by atoms with Crippen molar-refractivity contribution < 1.29 is 9.53 Å². The van der Waals surface area contributed by atoms with Crippen LogP contribution in [0, 0.1) is 3.57 Å². The van der Waals surface area contributed by atoms with Crippen LogP contribution in [0.5, 0.6) is 0 Å². The number of halogens is 1. The molecule has 0 aliphatic carbocycles. The Bertz CT molecular complexity index is 889. The Morgan fingerprint density at radius 3 is 2.57 bits per heavy atom. The summed E-state index contributed by atoms with van der Waals surface area (Å²) in [7, 11) is 1.87. The first-order valence-electron chi connectivity index (χ1n) is 7.13. The van der Waals surface area contributed by atoms with E-state index < -0.39 is 11.7 Å². The number of rotatable bonds is 1. The molecule has 0 aliphatic rings. The molecule has 0 saturated heterocycles. The molecule has 3 heterocycles. The van der Waals surface area contributed by atoms with Gasteiger partial charge in [0.25, 0.3) is 0 Å². The third-order valence-electron chi connectivity index (χ3n) is 3.22. The van der Waals surface area contributed by atoms with Gasteiger partial charge in [-0.05, 0) is 49.4 Å². The third-order valence-corrected chi connectivity index (χ3v) is 4.08. The average Bonchev–Trinajstić information content (AvgIpc) is 3.01. The number of fused-ring (bicyclic) bond motifs is 1. The van der Waals surface area contributed by atoms with E-state index in [2.05, 4.69) is 32.7 Å². The predicted molar refractivity (Wildman–Crippen MR) is 96.3 cm³/mol. The Hall–Kier alpha value is -1.90. The minimum Gasteiger partial charge on any atom is -0.443 e. The summed E-state index contributed by atoms with van der Waals surface area (Å²) in [6.07, 6.45) is 6.79. The summed E-state index contributed by atoms with van der Waals surface area (Å²) in [5.74, 6) is 0. The molecule has 0 unspecified atom stereocenters. The maximum Gasteiger partial charge on any atom is 0.420 e. The summed E-state index contributed by atoms with van der Waals surface area (Å²) in [4.78, 5) is 16.8. The molecule has 23 heavy (non-hydrogen) atoms. The minimum atomic E-state index is -0.547. The molecule has 120 valence electrons. The van der Waals surface area contributed by atoms with Crippen LogP contribution in [0.4, 0.5) is 4.79 Å². The normalized spacial score (nSPS) is 11.9. The van der Waals surface area contributed by atoms with Crippen molar-refractivity contribution in [2.75, 3.05) is 0 Å². The van der Waals surface area contributed by atoms with Crippen LogP contribution in [0.25, 0.3) is 22.2 Å². The Labute approximate surface area is 147 Å². The topological polar surface area (TPSA) is 61.9 Å². The molecule has 7 heteroatoms. The van der Waals surface area contributed by atoms with Gasteiger partial charge >= 0.3 is 6.09 Å². The largest absolute Gasteiger partial charge is 0.443 e. The van der Waals surface area contributed by atoms with Gasteiger partial charge in [0.2, 0.25) is 0 Å². The number of carbonyl (C=O) groups excluding carboxylic acids is 1. The van der Waals surface area contributed by atoms with Gasteiger partial charge < -0.3 is 4.74 Å². The van der Waals surface area contributed by atoms with Crippen molar-refractivity contribution in [1.82, 2.24) is 19.3 Å². The fourth-order valence-electron chi connectivity index (χ4n) is 2.25. The van der Waals surface area contributed by atoms with E-state index in [-0.39, 0.29) is 0 Å². The summed E-state index contributed by atoms with van der Waals surface area (Å²) in [6, 6.07) is 2.02. The zero-order valence-corrected chi connectivity index (χ0v) is 15.5. The number of hydrogen-bond acceptors (Lipinski definition) is 4. The smallest absolute Gasteiger partial charge is 0.420 e. The van der Waals surface area contributed by atoms with Crippen molar-refractivity contribution in [3.8, 4) is 11.1 Å². The molecular weight excluding hydrogens is 407 g/mol. The standard InChI is InChI=1S/C16H17IN4O2/c1-16(2,3)23-15(22)21-9-13(17)12-5-10(6-18-14(12)21)11-7-19-20(4)8-11/h5-9H,1-4H3. The van der Waals surface area contributed by atoms with E-state index >= 15 is 0 Å². The Kier molecular flexibility index (Phi) is 3.91. The first-order chi connectivity index (χ1) is 10.7. The lowest BCUT2D eigenvalue weighted by atomic mass is 10.1. The van der Waals surface area contributed by atoms with Crippen LogP contribution in [0.1, 0.15) is 20.8 Å². The van der Waals surface area contributed by atoms with Gasteiger partial charge in [0.15, 0.2) is 5.65 Å². The molecule has 3 aromatic rings. The van der Waals surface area contributed by atoms with Crippen molar-refractivity contribution in [3.63, 3.8) is 0 Å². The molecule has 0 radical (unpaired) electrons. The van der Waals surface area contributed by atoms with E-state index in [1.165, 1.54) is 4.57 Å². The molecule has 0 amide bonds. The highest BCUT2D eigenvalue weighted by Gasteiger charge is 2.21. The van der Waals surface area contributed by atoms with E-state index in [0.29, 0.717) is 5.65 Å². The van der Waals surface area contributed by atoms with Crippen LogP contribution >= 0.6 is 22.6 Å². The van der Waals surface area contributed by atoms with Crippen molar-refractivity contribution in [1.29, 1.82) is 0 Å². The van der Waals surface area contributed by atoms with E-state index in [1.54, 1.807) is 23.3 Å². The summed E-state index contributed by atoms with van der Waals surface area (Å²) < 4.78 is 9.58. The van der Waals surface area contributed by atoms with Gasteiger partial charge in [-0.2, -0.15) is 5.10 Å². The van der Waals surface area contributed by atoms with E-state index in [9.17, 15) is 4.79 Å². The summed E-state index contributed by atoms with van der Waals surface area (Å²) in [6.45, 7) is 5.53. The van der Waals surface area contributed by atoms with E-state index in [0.717, 1.165) is 20.1 Å². The highest BCUT2D eigenvalue weighted by molar-refractivity contribution is 14.1. The quantitative estimate of drug-likeness (QED) is 0.558. The van der Waals surface area contributed by atoms with Crippen LogP contribution in [-0.2, 0) is 11.8 Å². The van der Waals surface area contributed by atoms with E-state index in [1.807, 2.05) is 40.1 Å². The number of ether oxygens (including phenoxy) is 1. The molecule has 0 N–H and O–H groups in total. The SMILES string of the molecule is Cn1cc(-c2cnc3c(c2)c(I)cn3C(=O)OC(C)(C)C)cn1. The molecular formula is C16H17IN4O2. The molecule has 0 spiro atoms. The summed E-state index contributed by atoms with van der Waals surface area (Å²) in [5, 5.41) is 5.09. The number of hydrogen-bond donors (Lipinski definition) is 0. The van der Waals surface area contributed by atoms with Crippen LogP contribution < -0.4 is 0 Å². The highest BCUT2D eigenvalue weighted by atomic mass is 127. The lowest BCUT2D eigenvalue weighted by Gasteiger charge is -2.19. The van der Waals surface area contributed by atoms with Crippen molar-refractivity contribution >= 4 is 39.7 Å².